The molecule has 7 nitrogen and oxygen atoms in total. The van der Waals surface area contributed by atoms with Gasteiger partial charge in [0.2, 0.25) is 5.95 Å². The summed E-state index contributed by atoms with van der Waals surface area (Å²) in [6, 6.07) is 7.79. The molecule has 0 aliphatic heterocycles. The first kappa shape index (κ1) is 17.6. The van der Waals surface area contributed by atoms with E-state index in [4.69, 9.17) is 4.42 Å². The molecule has 0 aliphatic carbocycles. The molecule has 10 heteroatoms. The molecule has 0 atom stereocenters. The third-order valence-electron chi connectivity index (χ3n) is 4.03. The fourth-order valence-corrected chi connectivity index (χ4v) is 2.62. The molecule has 0 unspecified atom stereocenters. The number of aromatic amines is 1. The van der Waals surface area contributed by atoms with Crippen LogP contribution in [0.4, 0.5) is 36.3 Å². The number of fused-ring (bicyclic) bond motifs is 1. The van der Waals surface area contributed by atoms with Crippen molar-refractivity contribution in [3.8, 4) is 0 Å². The number of hydrogen-bond donors (Lipinski definition) is 2. The number of H-pyrrole nitrogens is 1. The Morgan fingerprint density at radius 1 is 1.07 bits per heavy atom. The van der Waals surface area contributed by atoms with E-state index >= 15 is 0 Å². The third-order valence-corrected chi connectivity index (χ3v) is 4.03. The fourth-order valence-electron chi connectivity index (χ4n) is 2.62. The first-order chi connectivity index (χ1) is 13.4. The zero-order valence-corrected chi connectivity index (χ0v) is 14.3. The van der Waals surface area contributed by atoms with Crippen molar-refractivity contribution in [1.82, 2.24) is 15.0 Å². The molecule has 0 radical (unpaired) electrons. The lowest BCUT2D eigenvalue weighted by Gasteiger charge is -2.18. The highest BCUT2D eigenvalue weighted by Crippen LogP contribution is 2.26. The Labute approximate surface area is 155 Å². The van der Waals surface area contributed by atoms with Gasteiger partial charge in [0.25, 0.3) is 0 Å². The molecular weight excluding hydrogens is 375 g/mol. The standard InChI is InChI=1S/C18H12F3N5O2/c1-26(9-2-3-15-14(6-9)24-18(27)28-15)16-4-5-22-17(25-16)23-13-8-11(20)10(19)7-12(13)21/h2-8H,1H3,(H,24,27)(H,22,23,25). The van der Waals surface area contributed by atoms with Crippen LogP contribution in [0.25, 0.3) is 11.1 Å². The van der Waals surface area contributed by atoms with Gasteiger partial charge in [-0.05, 0) is 24.3 Å². The first-order valence-electron chi connectivity index (χ1n) is 8.02. The van der Waals surface area contributed by atoms with E-state index in [1.165, 1.54) is 6.20 Å². The molecule has 28 heavy (non-hydrogen) atoms. The van der Waals surface area contributed by atoms with Crippen molar-refractivity contribution >= 4 is 34.2 Å². The Bertz CT molecular complexity index is 1240. The van der Waals surface area contributed by atoms with Crippen LogP contribution in [0.1, 0.15) is 0 Å². The number of oxazole rings is 1. The molecule has 0 spiro atoms. The summed E-state index contributed by atoms with van der Waals surface area (Å²) in [4.78, 5) is 23.8. The molecule has 4 aromatic rings. The summed E-state index contributed by atoms with van der Waals surface area (Å²) >= 11 is 0. The lowest BCUT2D eigenvalue weighted by Crippen LogP contribution is -2.12. The fraction of sp³-hybridized carbons (Fsp3) is 0.0556. The Morgan fingerprint density at radius 2 is 1.86 bits per heavy atom. The number of aromatic nitrogens is 3. The van der Waals surface area contributed by atoms with E-state index in [0.717, 1.165) is 0 Å². The van der Waals surface area contributed by atoms with E-state index in [1.807, 2.05) is 0 Å². The second kappa shape index (κ2) is 6.72. The Kier molecular flexibility index (Phi) is 4.22. The number of nitrogens with one attached hydrogen (secondary N) is 2. The van der Waals surface area contributed by atoms with E-state index in [1.54, 1.807) is 36.2 Å². The van der Waals surface area contributed by atoms with Gasteiger partial charge in [-0.1, -0.05) is 0 Å². The smallest absolute Gasteiger partial charge is 0.408 e. The predicted octanol–water partition coefficient (Wildman–Crippen LogP) is 3.84. The van der Waals surface area contributed by atoms with Crippen molar-refractivity contribution in [1.29, 1.82) is 0 Å². The SMILES string of the molecule is CN(c1ccc2oc(=O)[nH]c2c1)c1ccnc(Nc2cc(F)c(F)cc2F)n1. The highest BCUT2D eigenvalue weighted by molar-refractivity contribution is 5.78. The molecule has 0 fully saturated rings. The number of nitrogens with zero attached hydrogens (tertiary/aromatic N) is 3. The van der Waals surface area contributed by atoms with Crippen LogP contribution in [0.5, 0.6) is 0 Å². The predicted molar refractivity (Wildman–Crippen MR) is 96.5 cm³/mol. The van der Waals surface area contributed by atoms with E-state index in [0.29, 0.717) is 34.7 Å². The van der Waals surface area contributed by atoms with Crippen LogP contribution in [0.2, 0.25) is 0 Å². The Hall–Kier alpha value is -3.82. The van der Waals surface area contributed by atoms with E-state index in [9.17, 15) is 18.0 Å². The Balaban J connectivity index is 1.64. The lowest BCUT2D eigenvalue weighted by molar-refractivity contribution is 0.496. The zero-order chi connectivity index (χ0) is 19.8. The topological polar surface area (TPSA) is 87.0 Å². The van der Waals surface area contributed by atoms with Crippen LogP contribution >= 0.6 is 0 Å². The van der Waals surface area contributed by atoms with Gasteiger partial charge in [0, 0.05) is 31.1 Å². The van der Waals surface area contributed by atoms with Gasteiger partial charge in [0.15, 0.2) is 17.2 Å². The molecule has 142 valence electrons. The van der Waals surface area contributed by atoms with E-state index in [2.05, 4.69) is 20.3 Å². The maximum Gasteiger partial charge on any atom is 0.417 e. The van der Waals surface area contributed by atoms with Crippen molar-refractivity contribution in [2.75, 3.05) is 17.3 Å². The quantitative estimate of drug-likeness (QED) is 0.518. The average Bonchev–Trinajstić information content (AvgIpc) is 3.05. The van der Waals surface area contributed by atoms with E-state index in [-0.39, 0.29) is 11.6 Å². The summed E-state index contributed by atoms with van der Waals surface area (Å²) < 4.78 is 45.2. The molecule has 0 saturated carbocycles. The molecule has 2 N–H and O–H groups in total. The van der Waals surface area contributed by atoms with Crippen molar-refractivity contribution in [3.63, 3.8) is 0 Å². The molecular formula is C18H12F3N5O2. The minimum absolute atomic E-state index is 0.00736. The van der Waals surface area contributed by atoms with Gasteiger partial charge in [-0.15, -0.1) is 0 Å². The molecule has 4 rings (SSSR count). The van der Waals surface area contributed by atoms with Crippen LogP contribution < -0.4 is 16.0 Å². The van der Waals surface area contributed by atoms with Crippen molar-refractivity contribution in [2.45, 2.75) is 0 Å². The molecule has 2 heterocycles. The van der Waals surface area contributed by atoms with Gasteiger partial charge in [-0.2, -0.15) is 4.98 Å². The summed E-state index contributed by atoms with van der Waals surface area (Å²) in [6.07, 6.45) is 1.43. The van der Waals surface area contributed by atoms with E-state index < -0.39 is 23.2 Å². The minimum Gasteiger partial charge on any atom is -0.408 e. The van der Waals surface area contributed by atoms with Crippen LogP contribution in [-0.4, -0.2) is 22.0 Å². The molecule has 2 aromatic heterocycles. The monoisotopic (exact) mass is 387 g/mol. The van der Waals surface area contributed by atoms with Gasteiger partial charge in [-0.3, -0.25) is 4.98 Å². The maximum atomic E-state index is 13.8. The van der Waals surface area contributed by atoms with Crippen LogP contribution in [-0.2, 0) is 0 Å². The summed E-state index contributed by atoms with van der Waals surface area (Å²) in [6.45, 7) is 0. The second-order valence-electron chi connectivity index (χ2n) is 5.86. The van der Waals surface area contributed by atoms with Gasteiger partial charge in [0.05, 0.1) is 11.2 Å². The summed E-state index contributed by atoms with van der Waals surface area (Å²) in [7, 11) is 1.73. The van der Waals surface area contributed by atoms with Gasteiger partial charge in [0.1, 0.15) is 11.6 Å². The second-order valence-corrected chi connectivity index (χ2v) is 5.86. The van der Waals surface area contributed by atoms with Crippen molar-refractivity contribution < 1.29 is 17.6 Å². The number of anilines is 4. The summed E-state index contributed by atoms with van der Waals surface area (Å²) in [5, 5.41) is 2.53. The lowest BCUT2D eigenvalue weighted by atomic mass is 10.2. The largest absolute Gasteiger partial charge is 0.417 e. The van der Waals surface area contributed by atoms with Crippen LogP contribution in [0, 0.1) is 17.5 Å². The minimum atomic E-state index is -1.29. The molecule has 0 aliphatic rings. The molecule has 2 aromatic carbocycles. The number of benzene rings is 2. The molecule has 0 saturated heterocycles. The number of rotatable bonds is 4. The summed E-state index contributed by atoms with van der Waals surface area (Å²) in [5.41, 5.74) is 1.33. The highest BCUT2D eigenvalue weighted by Gasteiger charge is 2.13. The Morgan fingerprint density at radius 3 is 2.68 bits per heavy atom. The maximum absolute atomic E-state index is 13.8. The summed E-state index contributed by atoms with van der Waals surface area (Å²) in [5.74, 6) is -3.59. The normalized spacial score (nSPS) is 11.0. The molecule has 0 bridgehead atoms. The van der Waals surface area contributed by atoms with Crippen molar-refractivity contribution in [2.24, 2.45) is 0 Å². The third kappa shape index (κ3) is 3.27. The van der Waals surface area contributed by atoms with Crippen LogP contribution in [0.15, 0.2) is 51.8 Å². The zero-order valence-electron chi connectivity index (χ0n) is 14.3. The molecule has 0 amide bonds. The number of halogens is 3. The number of hydrogen-bond acceptors (Lipinski definition) is 6. The van der Waals surface area contributed by atoms with Crippen molar-refractivity contribution in [3.05, 3.63) is 70.6 Å². The average molecular weight is 387 g/mol. The van der Waals surface area contributed by atoms with Gasteiger partial charge < -0.3 is 14.6 Å². The van der Waals surface area contributed by atoms with Crippen LogP contribution in [0.3, 0.4) is 0 Å². The first-order valence-corrected chi connectivity index (χ1v) is 8.02. The highest BCUT2D eigenvalue weighted by atomic mass is 19.2. The van der Waals surface area contributed by atoms with Gasteiger partial charge in [-0.25, -0.2) is 22.9 Å². The van der Waals surface area contributed by atoms with Gasteiger partial charge >= 0.3 is 5.76 Å².